The quantitative estimate of drug-likeness (QED) is 0.663. The normalized spacial score (nSPS) is 19.2. The van der Waals surface area contributed by atoms with Crippen LogP contribution in [0, 0.1) is 0 Å². The van der Waals surface area contributed by atoms with Crippen LogP contribution in [0.4, 0.5) is 4.79 Å². The van der Waals surface area contributed by atoms with Gasteiger partial charge in [-0.3, -0.25) is 9.69 Å². The third kappa shape index (κ3) is 6.17. The van der Waals surface area contributed by atoms with Crippen molar-refractivity contribution in [3.8, 4) is 0 Å². The average molecular weight is 361 g/mol. The average Bonchev–Trinajstić information content (AvgIpc) is 3.01. The summed E-state index contributed by atoms with van der Waals surface area (Å²) in [5, 5.41) is 0. The van der Waals surface area contributed by atoms with Crippen LogP contribution in [0.25, 0.3) is 0 Å². The van der Waals surface area contributed by atoms with Crippen LogP contribution in [0.1, 0.15) is 51.5 Å². The van der Waals surface area contributed by atoms with E-state index in [-0.39, 0.29) is 37.0 Å². The summed E-state index contributed by atoms with van der Waals surface area (Å²) in [5.74, 6) is -0.208. The summed E-state index contributed by atoms with van der Waals surface area (Å²) in [6.45, 7) is 3.32. The molecule has 0 aromatic heterocycles. The molecule has 1 fully saturated rings. The molecule has 1 heterocycles. The van der Waals surface area contributed by atoms with E-state index in [2.05, 4.69) is 0 Å². The number of hydrogen-bond donors (Lipinski definition) is 0. The van der Waals surface area contributed by atoms with Crippen molar-refractivity contribution in [2.45, 2.75) is 64.6 Å². The first-order valence-corrected chi connectivity index (χ1v) is 9.09. The van der Waals surface area contributed by atoms with Crippen molar-refractivity contribution in [1.29, 1.82) is 0 Å². The zero-order valence-electron chi connectivity index (χ0n) is 15.5. The van der Waals surface area contributed by atoms with Gasteiger partial charge in [0.15, 0.2) is 0 Å². The molecule has 1 aromatic carbocycles. The molecule has 0 bridgehead atoms. The lowest BCUT2D eigenvalue weighted by Crippen LogP contribution is -2.43. The maximum absolute atomic E-state index is 12.7. The lowest BCUT2D eigenvalue weighted by atomic mass is 10.1. The van der Waals surface area contributed by atoms with Crippen molar-refractivity contribution in [3.05, 3.63) is 35.9 Å². The van der Waals surface area contributed by atoms with E-state index in [0.717, 1.165) is 31.2 Å². The Morgan fingerprint density at radius 2 is 1.73 bits per heavy atom. The van der Waals surface area contributed by atoms with Gasteiger partial charge in [0.05, 0.1) is 6.04 Å². The number of amides is 1. The number of carbonyl (C=O) groups excluding carboxylic acids is 3. The van der Waals surface area contributed by atoms with Crippen molar-refractivity contribution >= 4 is 17.8 Å². The Hall–Kier alpha value is -2.37. The highest BCUT2D eigenvalue weighted by atomic mass is 16.6. The standard InChI is InChI=1S/C20H27NO5/c1-15(22)7-6-10-18-11-12-19(14-25-16(2)23)21(18)20(24)26-13-17-8-4-3-5-9-17/h3-5,8-9,18-19H,6-7,10-14H2,1-2H3/t18-,19+/m1/s1. The van der Waals surface area contributed by atoms with E-state index in [1.165, 1.54) is 6.92 Å². The molecule has 0 unspecified atom stereocenters. The Morgan fingerprint density at radius 3 is 2.38 bits per heavy atom. The highest BCUT2D eigenvalue weighted by Crippen LogP contribution is 2.29. The summed E-state index contributed by atoms with van der Waals surface area (Å²) in [4.78, 5) is 36.7. The fourth-order valence-electron chi connectivity index (χ4n) is 3.30. The molecule has 2 atom stereocenters. The molecule has 1 amide bonds. The predicted molar refractivity (Wildman–Crippen MR) is 96.4 cm³/mol. The fourth-order valence-corrected chi connectivity index (χ4v) is 3.30. The van der Waals surface area contributed by atoms with Crippen LogP contribution in [0.15, 0.2) is 30.3 Å². The Morgan fingerprint density at radius 1 is 1.04 bits per heavy atom. The van der Waals surface area contributed by atoms with Crippen molar-refractivity contribution < 1.29 is 23.9 Å². The Kier molecular flexibility index (Phi) is 7.63. The zero-order valence-corrected chi connectivity index (χ0v) is 15.5. The van der Waals surface area contributed by atoms with Gasteiger partial charge >= 0.3 is 12.1 Å². The maximum atomic E-state index is 12.7. The van der Waals surface area contributed by atoms with Crippen molar-refractivity contribution in [2.75, 3.05) is 6.61 Å². The number of carbonyl (C=O) groups is 3. The molecule has 26 heavy (non-hydrogen) atoms. The van der Waals surface area contributed by atoms with E-state index >= 15 is 0 Å². The van der Waals surface area contributed by atoms with Crippen LogP contribution < -0.4 is 0 Å². The number of Topliss-reactive ketones (excluding diaryl/α,β-unsaturated/α-hetero) is 1. The largest absolute Gasteiger partial charge is 0.464 e. The number of rotatable bonds is 8. The minimum absolute atomic E-state index is 0.0122. The van der Waals surface area contributed by atoms with Crippen LogP contribution in [-0.2, 0) is 25.7 Å². The zero-order chi connectivity index (χ0) is 18.9. The molecule has 1 aromatic rings. The molecule has 1 aliphatic rings. The summed E-state index contributed by atoms with van der Waals surface area (Å²) in [5.41, 5.74) is 0.921. The van der Waals surface area contributed by atoms with Gasteiger partial charge < -0.3 is 14.3 Å². The fraction of sp³-hybridized carbons (Fsp3) is 0.550. The Bertz CT molecular complexity index is 616. The molecular weight excluding hydrogens is 334 g/mol. The molecular formula is C20H27NO5. The maximum Gasteiger partial charge on any atom is 0.410 e. The van der Waals surface area contributed by atoms with Gasteiger partial charge in [-0.15, -0.1) is 0 Å². The molecule has 142 valence electrons. The van der Waals surface area contributed by atoms with E-state index in [4.69, 9.17) is 9.47 Å². The van der Waals surface area contributed by atoms with Crippen LogP contribution in [0.3, 0.4) is 0 Å². The van der Waals surface area contributed by atoms with Gasteiger partial charge in [-0.1, -0.05) is 30.3 Å². The second kappa shape index (κ2) is 9.94. The lowest BCUT2D eigenvalue weighted by molar-refractivity contribution is -0.142. The summed E-state index contributed by atoms with van der Waals surface area (Å²) in [6.07, 6.45) is 3.19. The van der Waals surface area contributed by atoms with E-state index in [9.17, 15) is 14.4 Å². The van der Waals surface area contributed by atoms with Gasteiger partial charge in [0.25, 0.3) is 0 Å². The smallest absolute Gasteiger partial charge is 0.410 e. The van der Waals surface area contributed by atoms with E-state index < -0.39 is 6.09 Å². The number of esters is 1. The summed E-state index contributed by atoms with van der Waals surface area (Å²) < 4.78 is 10.6. The topological polar surface area (TPSA) is 72.9 Å². The molecule has 0 radical (unpaired) electrons. The third-order valence-electron chi connectivity index (χ3n) is 4.58. The molecule has 6 heteroatoms. The van der Waals surface area contributed by atoms with Gasteiger partial charge in [-0.2, -0.15) is 0 Å². The lowest BCUT2D eigenvalue weighted by Gasteiger charge is -2.29. The molecule has 1 aliphatic heterocycles. The van der Waals surface area contributed by atoms with Gasteiger partial charge in [-0.25, -0.2) is 4.79 Å². The molecule has 0 N–H and O–H groups in total. The van der Waals surface area contributed by atoms with E-state index in [1.807, 2.05) is 30.3 Å². The van der Waals surface area contributed by atoms with Crippen LogP contribution >= 0.6 is 0 Å². The SMILES string of the molecule is CC(=O)CCC[C@@H]1CC[C@@H](COC(C)=O)N1C(=O)OCc1ccccc1. The van der Waals surface area contributed by atoms with Gasteiger partial charge in [0, 0.05) is 19.4 Å². The molecule has 2 rings (SSSR count). The molecule has 1 saturated heterocycles. The molecule has 0 spiro atoms. The number of hydrogen-bond acceptors (Lipinski definition) is 5. The van der Waals surface area contributed by atoms with E-state index in [1.54, 1.807) is 11.8 Å². The van der Waals surface area contributed by atoms with Crippen molar-refractivity contribution in [2.24, 2.45) is 0 Å². The van der Waals surface area contributed by atoms with Gasteiger partial charge in [0.2, 0.25) is 0 Å². The van der Waals surface area contributed by atoms with Crippen LogP contribution in [0.2, 0.25) is 0 Å². The minimum atomic E-state index is -0.392. The predicted octanol–water partition coefficient (Wildman–Crippen LogP) is 3.48. The molecule has 6 nitrogen and oxygen atoms in total. The monoisotopic (exact) mass is 361 g/mol. The second-order valence-corrected chi connectivity index (χ2v) is 6.73. The summed E-state index contributed by atoms with van der Waals surface area (Å²) in [7, 11) is 0. The number of benzene rings is 1. The van der Waals surface area contributed by atoms with Crippen LogP contribution in [0.5, 0.6) is 0 Å². The number of ketones is 1. The Labute approximate surface area is 154 Å². The molecule has 0 aliphatic carbocycles. The number of nitrogens with zero attached hydrogens (tertiary/aromatic N) is 1. The highest BCUT2D eigenvalue weighted by molar-refractivity contribution is 5.75. The first kappa shape index (κ1) is 19.9. The van der Waals surface area contributed by atoms with Crippen LogP contribution in [-0.4, -0.2) is 41.4 Å². The van der Waals surface area contributed by atoms with E-state index in [0.29, 0.717) is 6.42 Å². The third-order valence-corrected chi connectivity index (χ3v) is 4.58. The summed E-state index contributed by atoms with van der Waals surface area (Å²) in [6, 6.07) is 9.34. The van der Waals surface area contributed by atoms with Gasteiger partial charge in [0.1, 0.15) is 19.0 Å². The Balaban J connectivity index is 1.97. The first-order valence-electron chi connectivity index (χ1n) is 9.09. The number of likely N-dealkylation sites (tertiary alicyclic amines) is 1. The second-order valence-electron chi connectivity index (χ2n) is 6.73. The first-order chi connectivity index (χ1) is 12.5. The molecule has 0 saturated carbocycles. The highest BCUT2D eigenvalue weighted by Gasteiger charge is 2.38. The summed E-state index contributed by atoms with van der Waals surface area (Å²) >= 11 is 0. The van der Waals surface area contributed by atoms with Gasteiger partial charge in [-0.05, 0) is 38.2 Å². The minimum Gasteiger partial charge on any atom is -0.464 e. The van der Waals surface area contributed by atoms with Crippen molar-refractivity contribution in [3.63, 3.8) is 0 Å². The van der Waals surface area contributed by atoms with Crippen molar-refractivity contribution in [1.82, 2.24) is 4.90 Å². The number of ether oxygens (including phenoxy) is 2.